The third kappa shape index (κ3) is 5.29. The van der Waals surface area contributed by atoms with Crippen molar-refractivity contribution in [2.45, 2.75) is 44.6 Å². The number of amides is 1. The van der Waals surface area contributed by atoms with E-state index in [0.29, 0.717) is 6.54 Å². The molecule has 0 fully saturated rings. The van der Waals surface area contributed by atoms with Gasteiger partial charge < -0.3 is 19.3 Å². The molecular formula is C19H27NO5. The number of nitrogens with zero attached hydrogens (tertiary/aromatic N) is 1. The Balaban J connectivity index is 2.33. The molecule has 3 atom stereocenters. The van der Waals surface area contributed by atoms with Crippen LogP contribution in [0.25, 0.3) is 0 Å². The second kappa shape index (κ2) is 8.47. The van der Waals surface area contributed by atoms with Crippen molar-refractivity contribution in [3.8, 4) is 0 Å². The Morgan fingerprint density at radius 2 is 2.00 bits per heavy atom. The van der Waals surface area contributed by atoms with E-state index in [-0.39, 0.29) is 6.79 Å². The summed E-state index contributed by atoms with van der Waals surface area (Å²) in [5.41, 5.74) is 0.232. The first-order valence-electron chi connectivity index (χ1n) is 8.33. The smallest absolute Gasteiger partial charge is 0.411 e. The van der Waals surface area contributed by atoms with Crippen LogP contribution < -0.4 is 0 Å². The standard InChI is InChI=1S/C19H27NO5/c1-19(2,3)25-18(22)20-12-8-11-15(21)16(20)17(24-13-23-4)14-9-6-5-7-10-14/h5-11,15-17,21H,12-13H2,1-4H3/t15-,16+,17-/m1/s1. The Morgan fingerprint density at radius 3 is 2.60 bits per heavy atom. The lowest BCUT2D eigenvalue weighted by Gasteiger charge is -2.41. The summed E-state index contributed by atoms with van der Waals surface area (Å²) in [6.07, 6.45) is 1.53. The maximum absolute atomic E-state index is 12.7. The highest BCUT2D eigenvalue weighted by Crippen LogP contribution is 2.31. The molecule has 1 N–H and O–H groups in total. The van der Waals surface area contributed by atoms with Crippen LogP contribution in [0.15, 0.2) is 42.5 Å². The summed E-state index contributed by atoms with van der Waals surface area (Å²) in [6, 6.07) is 8.87. The summed E-state index contributed by atoms with van der Waals surface area (Å²) in [4.78, 5) is 14.2. The highest BCUT2D eigenvalue weighted by molar-refractivity contribution is 5.69. The lowest BCUT2D eigenvalue weighted by Crippen LogP contribution is -2.53. The Kier molecular flexibility index (Phi) is 6.58. The van der Waals surface area contributed by atoms with Gasteiger partial charge in [-0.05, 0) is 26.3 Å². The van der Waals surface area contributed by atoms with Crippen molar-refractivity contribution in [3.05, 3.63) is 48.0 Å². The molecule has 0 saturated carbocycles. The van der Waals surface area contributed by atoms with Gasteiger partial charge in [0.15, 0.2) is 0 Å². The number of hydrogen-bond acceptors (Lipinski definition) is 5. The molecule has 6 heteroatoms. The molecule has 1 aromatic rings. The summed E-state index contributed by atoms with van der Waals surface area (Å²) < 4.78 is 16.4. The number of hydrogen-bond donors (Lipinski definition) is 1. The van der Waals surface area contributed by atoms with Crippen LogP contribution in [0.2, 0.25) is 0 Å². The van der Waals surface area contributed by atoms with Gasteiger partial charge in [0.1, 0.15) is 18.5 Å². The first kappa shape index (κ1) is 19.4. The van der Waals surface area contributed by atoms with Crippen LogP contribution in [0.1, 0.15) is 32.4 Å². The molecular weight excluding hydrogens is 322 g/mol. The zero-order chi connectivity index (χ0) is 18.4. The molecule has 138 valence electrons. The molecule has 1 aliphatic heterocycles. The Hall–Kier alpha value is -1.89. The Bertz CT molecular complexity index is 581. The Labute approximate surface area is 149 Å². The molecule has 6 nitrogen and oxygen atoms in total. The lowest BCUT2D eigenvalue weighted by molar-refractivity contribution is -0.117. The largest absolute Gasteiger partial charge is 0.444 e. The van der Waals surface area contributed by atoms with E-state index in [1.165, 1.54) is 12.0 Å². The summed E-state index contributed by atoms with van der Waals surface area (Å²) in [5, 5.41) is 10.6. The van der Waals surface area contributed by atoms with Crippen molar-refractivity contribution in [2.75, 3.05) is 20.4 Å². The van der Waals surface area contributed by atoms with Crippen LogP contribution in [0.4, 0.5) is 4.79 Å². The van der Waals surface area contributed by atoms with Crippen molar-refractivity contribution >= 4 is 6.09 Å². The normalized spacial score (nSPS) is 21.9. The number of aliphatic hydroxyl groups excluding tert-OH is 1. The van der Waals surface area contributed by atoms with E-state index in [4.69, 9.17) is 14.2 Å². The number of rotatable bonds is 5. The van der Waals surface area contributed by atoms with Gasteiger partial charge in [0.25, 0.3) is 0 Å². The molecule has 0 unspecified atom stereocenters. The van der Waals surface area contributed by atoms with Crippen molar-refractivity contribution in [3.63, 3.8) is 0 Å². The van der Waals surface area contributed by atoms with Crippen LogP contribution in [0, 0.1) is 0 Å². The minimum absolute atomic E-state index is 0.0503. The van der Waals surface area contributed by atoms with E-state index in [0.717, 1.165) is 5.56 Å². The highest BCUT2D eigenvalue weighted by atomic mass is 16.7. The van der Waals surface area contributed by atoms with Crippen LogP contribution in [0.5, 0.6) is 0 Å². The number of carbonyl (C=O) groups is 1. The number of methoxy groups -OCH3 is 1. The van der Waals surface area contributed by atoms with Crippen molar-refractivity contribution < 1.29 is 24.1 Å². The maximum atomic E-state index is 12.7. The Morgan fingerprint density at radius 1 is 1.32 bits per heavy atom. The SMILES string of the molecule is COCO[C@H](c1ccccc1)[C@@H]1[C@H](O)C=CCN1C(=O)OC(C)(C)C. The minimum atomic E-state index is -0.872. The molecule has 1 heterocycles. The van der Waals surface area contributed by atoms with Gasteiger partial charge in [-0.3, -0.25) is 4.90 Å². The van der Waals surface area contributed by atoms with Crippen molar-refractivity contribution in [1.82, 2.24) is 4.90 Å². The fourth-order valence-corrected chi connectivity index (χ4v) is 2.77. The van der Waals surface area contributed by atoms with Crippen LogP contribution in [-0.4, -0.2) is 54.3 Å². The molecule has 0 radical (unpaired) electrons. The zero-order valence-electron chi connectivity index (χ0n) is 15.2. The fraction of sp³-hybridized carbons (Fsp3) is 0.526. The second-order valence-electron chi connectivity index (χ2n) is 6.95. The monoisotopic (exact) mass is 349 g/mol. The number of ether oxygens (including phenoxy) is 3. The maximum Gasteiger partial charge on any atom is 0.411 e. The third-order valence-corrected chi connectivity index (χ3v) is 3.78. The van der Waals surface area contributed by atoms with Crippen LogP contribution in [-0.2, 0) is 14.2 Å². The van der Waals surface area contributed by atoms with Crippen molar-refractivity contribution in [1.29, 1.82) is 0 Å². The molecule has 25 heavy (non-hydrogen) atoms. The summed E-state index contributed by atoms with van der Waals surface area (Å²) in [5.74, 6) is 0. The molecule has 1 aliphatic rings. The molecule has 1 amide bonds. The molecule has 0 bridgehead atoms. The topological polar surface area (TPSA) is 68.2 Å². The number of carbonyl (C=O) groups excluding carboxylic acids is 1. The van der Waals surface area contributed by atoms with E-state index in [1.54, 1.807) is 12.2 Å². The van der Waals surface area contributed by atoms with Gasteiger partial charge in [0.05, 0.1) is 12.1 Å². The summed E-state index contributed by atoms with van der Waals surface area (Å²) in [6.45, 7) is 5.83. The predicted molar refractivity (Wildman–Crippen MR) is 94.0 cm³/mol. The zero-order valence-corrected chi connectivity index (χ0v) is 15.2. The first-order chi connectivity index (χ1) is 11.8. The molecule has 0 aliphatic carbocycles. The van der Waals surface area contributed by atoms with Gasteiger partial charge in [-0.2, -0.15) is 0 Å². The summed E-state index contributed by atoms with van der Waals surface area (Å²) >= 11 is 0. The van der Waals surface area contributed by atoms with E-state index in [9.17, 15) is 9.90 Å². The van der Waals surface area contributed by atoms with Gasteiger partial charge >= 0.3 is 6.09 Å². The molecule has 0 saturated heterocycles. The minimum Gasteiger partial charge on any atom is -0.444 e. The average Bonchev–Trinajstić information content (AvgIpc) is 2.55. The second-order valence-corrected chi connectivity index (χ2v) is 6.95. The fourth-order valence-electron chi connectivity index (χ4n) is 2.77. The third-order valence-electron chi connectivity index (χ3n) is 3.78. The molecule has 0 spiro atoms. The highest BCUT2D eigenvalue weighted by Gasteiger charge is 2.40. The number of aliphatic hydroxyl groups is 1. The average molecular weight is 349 g/mol. The van der Waals surface area contributed by atoms with Gasteiger partial charge in [-0.25, -0.2) is 4.79 Å². The first-order valence-corrected chi connectivity index (χ1v) is 8.33. The van der Waals surface area contributed by atoms with Crippen molar-refractivity contribution in [2.24, 2.45) is 0 Å². The van der Waals surface area contributed by atoms with Gasteiger partial charge in [0.2, 0.25) is 0 Å². The molecule has 2 rings (SSSR count). The quantitative estimate of drug-likeness (QED) is 0.654. The molecule has 1 aromatic carbocycles. The van der Waals surface area contributed by atoms with Crippen LogP contribution in [0.3, 0.4) is 0 Å². The van der Waals surface area contributed by atoms with Crippen LogP contribution >= 0.6 is 0 Å². The van der Waals surface area contributed by atoms with Gasteiger partial charge in [-0.15, -0.1) is 0 Å². The summed E-state index contributed by atoms with van der Waals surface area (Å²) in [7, 11) is 1.53. The number of benzene rings is 1. The van der Waals surface area contributed by atoms with E-state index in [2.05, 4.69) is 0 Å². The molecule has 0 aromatic heterocycles. The van der Waals surface area contributed by atoms with Gasteiger partial charge in [-0.1, -0.05) is 42.5 Å². The predicted octanol–water partition coefficient (Wildman–Crippen LogP) is 2.88. The van der Waals surface area contributed by atoms with E-state index in [1.807, 2.05) is 51.1 Å². The lowest BCUT2D eigenvalue weighted by atomic mass is 9.94. The van der Waals surface area contributed by atoms with Gasteiger partial charge in [0, 0.05) is 13.7 Å². The van der Waals surface area contributed by atoms with E-state index >= 15 is 0 Å². The van der Waals surface area contributed by atoms with E-state index < -0.39 is 29.9 Å².